The van der Waals surface area contributed by atoms with Gasteiger partial charge in [0.15, 0.2) is 9.84 Å². The minimum atomic E-state index is -3.16. The van der Waals surface area contributed by atoms with Crippen LogP contribution in [-0.2, 0) is 9.84 Å². The molecule has 0 aliphatic heterocycles. The maximum absolute atomic E-state index is 11.6. The van der Waals surface area contributed by atoms with E-state index in [-0.39, 0.29) is 6.04 Å². The Balaban J connectivity index is 2.31. The number of rotatable bonds is 4. The summed E-state index contributed by atoms with van der Waals surface area (Å²) in [6.45, 7) is 0. The van der Waals surface area contributed by atoms with Crippen LogP contribution in [0, 0.1) is 5.92 Å². The minimum Gasteiger partial charge on any atom is -0.271 e. The minimum absolute atomic E-state index is 0.0502. The molecule has 0 heterocycles. The second-order valence-electron chi connectivity index (χ2n) is 5.03. The molecule has 1 saturated carbocycles. The second-order valence-corrected chi connectivity index (χ2v) is 7.05. The van der Waals surface area contributed by atoms with Crippen molar-refractivity contribution in [2.24, 2.45) is 11.8 Å². The van der Waals surface area contributed by atoms with Gasteiger partial charge in [-0.1, -0.05) is 25.0 Å². The van der Waals surface area contributed by atoms with E-state index < -0.39 is 9.84 Å². The van der Waals surface area contributed by atoms with Crippen molar-refractivity contribution < 1.29 is 8.42 Å². The van der Waals surface area contributed by atoms with Gasteiger partial charge in [0.1, 0.15) is 0 Å². The Labute approximate surface area is 108 Å². The average Bonchev–Trinajstić information content (AvgIpc) is 2.83. The quantitative estimate of drug-likeness (QED) is 0.645. The zero-order valence-electron chi connectivity index (χ0n) is 10.6. The molecule has 18 heavy (non-hydrogen) atoms. The Morgan fingerprint density at radius 1 is 1.33 bits per heavy atom. The van der Waals surface area contributed by atoms with Crippen LogP contribution in [0.5, 0.6) is 0 Å². The van der Waals surface area contributed by atoms with Crippen molar-refractivity contribution in [3.63, 3.8) is 0 Å². The van der Waals surface area contributed by atoms with Crippen molar-refractivity contribution in [2.75, 3.05) is 6.26 Å². The third kappa shape index (κ3) is 2.91. The van der Waals surface area contributed by atoms with E-state index in [1.807, 2.05) is 6.07 Å². The summed E-state index contributed by atoms with van der Waals surface area (Å²) in [6, 6.07) is 7.14. The van der Waals surface area contributed by atoms with E-state index in [1.54, 1.807) is 18.2 Å². The molecule has 1 aromatic rings. The molecule has 1 unspecified atom stereocenters. The van der Waals surface area contributed by atoms with Crippen molar-refractivity contribution in [2.45, 2.75) is 36.6 Å². The lowest BCUT2D eigenvalue weighted by Gasteiger charge is -2.23. The van der Waals surface area contributed by atoms with Gasteiger partial charge in [-0.05, 0) is 36.5 Å². The highest BCUT2D eigenvalue weighted by atomic mass is 32.2. The van der Waals surface area contributed by atoms with Gasteiger partial charge in [-0.2, -0.15) is 0 Å². The third-order valence-electron chi connectivity index (χ3n) is 3.70. The first-order valence-corrected chi connectivity index (χ1v) is 8.17. The van der Waals surface area contributed by atoms with Crippen molar-refractivity contribution in [3.05, 3.63) is 29.8 Å². The van der Waals surface area contributed by atoms with Crippen molar-refractivity contribution in [3.8, 4) is 0 Å². The number of hydrogen-bond donors (Lipinski definition) is 2. The predicted molar refractivity (Wildman–Crippen MR) is 71.6 cm³/mol. The first kappa shape index (κ1) is 13.5. The molecule has 5 heteroatoms. The number of hydrogen-bond acceptors (Lipinski definition) is 4. The van der Waals surface area contributed by atoms with Crippen molar-refractivity contribution in [1.29, 1.82) is 0 Å². The number of nitrogens with one attached hydrogen (secondary N) is 1. The Bertz CT molecular complexity index is 507. The van der Waals surface area contributed by atoms with Gasteiger partial charge in [0.05, 0.1) is 4.90 Å². The SMILES string of the molecule is CS(=O)(=O)c1cccc(C(NN)C2CCCC2)c1. The molecule has 0 aromatic heterocycles. The van der Waals surface area contributed by atoms with E-state index in [0.29, 0.717) is 10.8 Å². The molecule has 0 amide bonds. The number of nitrogens with two attached hydrogens (primary N) is 1. The van der Waals surface area contributed by atoms with E-state index in [9.17, 15) is 8.42 Å². The zero-order chi connectivity index (χ0) is 13.2. The van der Waals surface area contributed by atoms with Gasteiger partial charge >= 0.3 is 0 Å². The Morgan fingerprint density at radius 2 is 2.00 bits per heavy atom. The number of benzene rings is 1. The van der Waals surface area contributed by atoms with Gasteiger partial charge in [-0.15, -0.1) is 0 Å². The Kier molecular flexibility index (Phi) is 4.04. The molecule has 1 aliphatic rings. The van der Waals surface area contributed by atoms with Crippen LogP contribution in [0.15, 0.2) is 29.2 Å². The van der Waals surface area contributed by atoms with Crippen molar-refractivity contribution in [1.82, 2.24) is 5.43 Å². The molecule has 100 valence electrons. The molecule has 0 radical (unpaired) electrons. The lowest BCUT2D eigenvalue weighted by molar-refractivity contribution is 0.373. The van der Waals surface area contributed by atoms with E-state index in [1.165, 1.54) is 19.1 Å². The van der Waals surface area contributed by atoms with E-state index >= 15 is 0 Å². The topological polar surface area (TPSA) is 72.2 Å². The van der Waals surface area contributed by atoms with Gasteiger partial charge in [0.25, 0.3) is 0 Å². The molecule has 0 saturated heterocycles. The summed E-state index contributed by atoms with van der Waals surface area (Å²) in [5, 5.41) is 0. The van der Waals surface area contributed by atoms with Gasteiger partial charge < -0.3 is 0 Å². The normalized spacial score (nSPS) is 19.0. The zero-order valence-corrected chi connectivity index (χ0v) is 11.4. The first-order chi connectivity index (χ1) is 8.52. The molecule has 2 rings (SSSR count). The van der Waals surface area contributed by atoms with Crippen LogP contribution in [0.4, 0.5) is 0 Å². The average molecular weight is 268 g/mol. The van der Waals surface area contributed by atoms with Crippen LogP contribution in [0.25, 0.3) is 0 Å². The molecule has 1 aliphatic carbocycles. The van der Waals surface area contributed by atoms with E-state index in [4.69, 9.17) is 5.84 Å². The summed E-state index contributed by atoms with van der Waals surface area (Å²) < 4.78 is 23.1. The largest absolute Gasteiger partial charge is 0.271 e. The number of sulfone groups is 1. The maximum Gasteiger partial charge on any atom is 0.175 e. The van der Waals surface area contributed by atoms with Crippen LogP contribution in [0.3, 0.4) is 0 Å². The first-order valence-electron chi connectivity index (χ1n) is 6.28. The monoisotopic (exact) mass is 268 g/mol. The summed E-state index contributed by atoms with van der Waals surface area (Å²) >= 11 is 0. The summed E-state index contributed by atoms with van der Waals surface area (Å²) in [6.07, 6.45) is 5.99. The fraction of sp³-hybridized carbons (Fsp3) is 0.538. The Morgan fingerprint density at radius 3 is 2.56 bits per heavy atom. The highest BCUT2D eigenvalue weighted by molar-refractivity contribution is 7.90. The lowest BCUT2D eigenvalue weighted by Crippen LogP contribution is -2.32. The Hall–Kier alpha value is -0.910. The van der Waals surface area contributed by atoms with Crippen LogP contribution in [0.1, 0.15) is 37.3 Å². The van der Waals surface area contributed by atoms with Crippen molar-refractivity contribution >= 4 is 9.84 Å². The van der Waals surface area contributed by atoms with Gasteiger partial charge in [-0.25, -0.2) is 8.42 Å². The van der Waals surface area contributed by atoms with Crippen LogP contribution < -0.4 is 11.3 Å². The molecule has 1 fully saturated rings. The van der Waals surface area contributed by atoms with Crippen LogP contribution in [-0.4, -0.2) is 14.7 Å². The van der Waals surface area contributed by atoms with Gasteiger partial charge in [0.2, 0.25) is 0 Å². The molecule has 0 spiro atoms. The van der Waals surface area contributed by atoms with Crippen LogP contribution >= 0.6 is 0 Å². The fourth-order valence-corrected chi connectivity index (χ4v) is 3.41. The summed E-state index contributed by atoms with van der Waals surface area (Å²) in [4.78, 5) is 0.359. The second kappa shape index (κ2) is 5.38. The molecule has 0 bridgehead atoms. The summed E-state index contributed by atoms with van der Waals surface area (Å²) in [5.41, 5.74) is 3.81. The third-order valence-corrected chi connectivity index (χ3v) is 4.81. The molecule has 3 N–H and O–H groups in total. The highest BCUT2D eigenvalue weighted by Crippen LogP contribution is 2.35. The molecule has 1 atom stereocenters. The fourth-order valence-electron chi connectivity index (χ4n) is 2.73. The van der Waals surface area contributed by atoms with Gasteiger partial charge in [0, 0.05) is 12.3 Å². The highest BCUT2D eigenvalue weighted by Gasteiger charge is 2.26. The van der Waals surface area contributed by atoms with E-state index in [2.05, 4.69) is 5.43 Å². The van der Waals surface area contributed by atoms with E-state index in [0.717, 1.165) is 18.4 Å². The summed E-state index contributed by atoms with van der Waals surface area (Å²) in [5.74, 6) is 6.15. The molecule has 1 aromatic carbocycles. The maximum atomic E-state index is 11.6. The smallest absolute Gasteiger partial charge is 0.175 e. The predicted octanol–water partition coefficient (Wildman–Crippen LogP) is 1.78. The van der Waals surface area contributed by atoms with Gasteiger partial charge in [-0.3, -0.25) is 11.3 Å². The molecular weight excluding hydrogens is 248 g/mol. The standard InChI is InChI=1S/C13H20N2O2S/c1-18(16,17)12-8-4-7-11(9-12)13(15-14)10-5-2-3-6-10/h4,7-10,13,15H,2-3,5-6,14H2,1H3. The molecule has 4 nitrogen and oxygen atoms in total. The number of hydrazine groups is 1. The molecular formula is C13H20N2O2S. The van der Waals surface area contributed by atoms with Crippen LogP contribution in [0.2, 0.25) is 0 Å². The lowest BCUT2D eigenvalue weighted by atomic mass is 9.92. The summed E-state index contributed by atoms with van der Waals surface area (Å²) in [7, 11) is -3.16.